The highest BCUT2D eigenvalue weighted by Gasteiger charge is 2.28. The molecule has 2 heterocycles. The molecule has 21 heavy (non-hydrogen) atoms. The monoisotopic (exact) mass is 285 g/mol. The van der Waals surface area contributed by atoms with Gasteiger partial charge in [0.05, 0.1) is 0 Å². The maximum atomic E-state index is 12.9. The molecule has 2 aromatic rings. The molecule has 1 aromatic heterocycles. The molecule has 0 saturated carbocycles. The maximum Gasteiger partial charge on any atom is 0.225 e. The summed E-state index contributed by atoms with van der Waals surface area (Å²) in [6.45, 7) is 0.866. The van der Waals surface area contributed by atoms with E-state index in [0.29, 0.717) is 17.9 Å². The van der Waals surface area contributed by atoms with E-state index in [1.165, 1.54) is 24.3 Å². The first-order valence-electron chi connectivity index (χ1n) is 7.06. The normalized spacial score (nSPS) is 18.0. The molecule has 1 saturated heterocycles. The first kappa shape index (κ1) is 13.7. The van der Waals surface area contributed by atoms with E-state index in [0.717, 1.165) is 19.4 Å². The van der Waals surface area contributed by atoms with Crippen LogP contribution in [0.15, 0.2) is 42.7 Å². The van der Waals surface area contributed by atoms with Gasteiger partial charge in [-0.1, -0.05) is 0 Å². The zero-order valence-electron chi connectivity index (χ0n) is 11.6. The Morgan fingerprint density at radius 3 is 2.67 bits per heavy atom. The third-order valence-corrected chi connectivity index (χ3v) is 3.77. The van der Waals surface area contributed by atoms with E-state index >= 15 is 0 Å². The Morgan fingerprint density at radius 2 is 1.95 bits per heavy atom. The third kappa shape index (κ3) is 3.07. The Kier molecular flexibility index (Phi) is 3.90. The number of benzene rings is 1. The van der Waals surface area contributed by atoms with Crippen molar-refractivity contribution in [2.75, 3.05) is 11.4 Å². The average Bonchev–Trinajstić information content (AvgIpc) is 2.97. The summed E-state index contributed by atoms with van der Waals surface area (Å²) in [6, 6.07) is 7.61. The third-order valence-electron chi connectivity index (χ3n) is 3.77. The van der Waals surface area contributed by atoms with Crippen LogP contribution in [-0.2, 0) is 0 Å². The zero-order chi connectivity index (χ0) is 14.7. The molecule has 0 radical (unpaired) electrons. The van der Waals surface area contributed by atoms with Crippen LogP contribution in [0.2, 0.25) is 0 Å². The minimum absolute atomic E-state index is 0.0304. The van der Waals surface area contributed by atoms with Gasteiger partial charge in [0.1, 0.15) is 5.82 Å². The number of aromatic nitrogens is 2. The summed E-state index contributed by atoms with van der Waals surface area (Å²) in [5.74, 6) is 0.376. The first-order chi connectivity index (χ1) is 10.2. The molecule has 5 heteroatoms. The highest BCUT2D eigenvalue weighted by molar-refractivity contribution is 5.96. The summed E-state index contributed by atoms with van der Waals surface area (Å²) in [6.07, 6.45) is 5.80. The van der Waals surface area contributed by atoms with Gasteiger partial charge < -0.3 is 4.90 Å². The van der Waals surface area contributed by atoms with Gasteiger partial charge in [-0.3, -0.25) is 4.79 Å². The Labute approximate surface area is 122 Å². The quantitative estimate of drug-likeness (QED) is 0.810. The molecule has 0 N–H and O–H groups in total. The fourth-order valence-electron chi connectivity index (χ4n) is 2.72. The maximum absolute atomic E-state index is 12.9. The minimum Gasteiger partial charge on any atom is -0.337 e. The van der Waals surface area contributed by atoms with E-state index in [1.54, 1.807) is 18.5 Å². The van der Waals surface area contributed by atoms with Crippen molar-refractivity contribution in [2.24, 2.45) is 0 Å². The summed E-state index contributed by atoms with van der Waals surface area (Å²) < 4.78 is 12.9. The standard InChI is InChI=1S/C16H16FN3O/c17-13-6-4-12(5-7-13)15(21)11-14-3-1-10-20(14)16-18-8-2-9-19-16/h2,4-9,14H,1,3,10-11H2/t14-/m0/s1. The molecular weight excluding hydrogens is 269 g/mol. The summed E-state index contributed by atoms with van der Waals surface area (Å²) in [7, 11) is 0. The molecule has 0 aliphatic carbocycles. The molecule has 108 valence electrons. The summed E-state index contributed by atoms with van der Waals surface area (Å²) in [5.41, 5.74) is 0.553. The van der Waals surface area contributed by atoms with Crippen molar-refractivity contribution in [3.63, 3.8) is 0 Å². The van der Waals surface area contributed by atoms with Crippen LogP contribution in [0.3, 0.4) is 0 Å². The predicted octanol–water partition coefficient (Wildman–Crippen LogP) is 2.86. The molecule has 0 spiro atoms. The van der Waals surface area contributed by atoms with E-state index in [1.807, 2.05) is 0 Å². The van der Waals surface area contributed by atoms with Crippen LogP contribution < -0.4 is 4.90 Å². The molecule has 4 nitrogen and oxygen atoms in total. The van der Waals surface area contributed by atoms with Gasteiger partial charge in [-0.15, -0.1) is 0 Å². The van der Waals surface area contributed by atoms with Crippen LogP contribution in [0.5, 0.6) is 0 Å². The van der Waals surface area contributed by atoms with Gasteiger partial charge in [0, 0.05) is 37.0 Å². The number of nitrogens with zero attached hydrogens (tertiary/aromatic N) is 3. The van der Waals surface area contributed by atoms with Crippen LogP contribution in [0.25, 0.3) is 0 Å². The lowest BCUT2D eigenvalue weighted by Gasteiger charge is -2.23. The van der Waals surface area contributed by atoms with E-state index in [4.69, 9.17) is 0 Å². The van der Waals surface area contributed by atoms with Crippen molar-refractivity contribution < 1.29 is 9.18 Å². The van der Waals surface area contributed by atoms with Gasteiger partial charge >= 0.3 is 0 Å². The highest BCUT2D eigenvalue weighted by Crippen LogP contribution is 2.25. The van der Waals surface area contributed by atoms with Gasteiger partial charge in [0.25, 0.3) is 0 Å². The van der Waals surface area contributed by atoms with E-state index in [2.05, 4.69) is 14.9 Å². The van der Waals surface area contributed by atoms with E-state index in [9.17, 15) is 9.18 Å². The number of carbonyl (C=O) groups is 1. The fourth-order valence-corrected chi connectivity index (χ4v) is 2.72. The Hall–Kier alpha value is -2.30. The number of rotatable bonds is 4. The lowest BCUT2D eigenvalue weighted by molar-refractivity contribution is 0.0974. The van der Waals surface area contributed by atoms with E-state index < -0.39 is 0 Å². The van der Waals surface area contributed by atoms with Crippen LogP contribution in [0, 0.1) is 5.82 Å². The topological polar surface area (TPSA) is 46.1 Å². The number of ketones is 1. The number of hydrogen-bond donors (Lipinski definition) is 0. The number of halogens is 1. The van der Waals surface area contributed by atoms with Crippen molar-refractivity contribution >= 4 is 11.7 Å². The Morgan fingerprint density at radius 1 is 1.24 bits per heavy atom. The molecule has 1 aliphatic rings. The zero-order valence-corrected chi connectivity index (χ0v) is 11.6. The summed E-state index contributed by atoms with van der Waals surface area (Å²) >= 11 is 0. The highest BCUT2D eigenvalue weighted by atomic mass is 19.1. The van der Waals surface area contributed by atoms with E-state index in [-0.39, 0.29) is 17.6 Å². The number of carbonyl (C=O) groups excluding carboxylic acids is 1. The Bertz CT molecular complexity index is 615. The minimum atomic E-state index is -0.327. The van der Waals surface area contributed by atoms with Gasteiger partial charge in [0.2, 0.25) is 5.95 Å². The van der Waals surface area contributed by atoms with Crippen molar-refractivity contribution in [1.82, 2.24) is 9.97 Å². The second kappa shape index (κ2) is 5.99. The van der Waals surface area contributed by atoms with Crippen LogP contribution in [0.4, 0.5) is 10.3 Å². The van der Waals surface area contributed by atoms with Gasteiger partial charge in [0.15, 0.2) is 5.78 Å². The lowest BCUT2D eigenvalue weighted by atomic mass is 10.0. The van der Waals surface area contributed by atoms with Crippen molar-refractivity contribution in [3.05, 3.63) is 54.1 Å². The molecule has 3 rings (SSSR count). The smallest absolute Gasteiger partial charge is 0.225 e. The second-order valence-corrected chi connectivity index (χ2v) is 5.17. The molecule has 0 bridgehead atoms. The average molecular weight is 285 g/mol. The molecular formula is C16H16FN3O. The van der Waals surface area contributed by atoms with Gasteiger partial charge in [-0.05, 0) is 43.2 Å². The summed E-state index contributed by atoms with van der Waals surface area (Å²) in [5, 5.41) is 0. The van der Waals surface area contributed by atoms with Crippen molar-refractivity contribution in [3.8, 4) is 0 Å². The van der Waals surface area contributed by atoms with Gasteiger partial charge in [-0.2, -0.15) is 0 Å². The predicted molar refractivity (Wildman–Crippen MR) is 77.7 cm³/mol. The van der Waals surface area contributed by atoms with Crippen LogP contribution >= 0.6 is 0 Å². The number of Topliss-reactive ketones (excluding diaryl/α,β-unsaturated/α-hetero) is 1. The summed E-state index contributed by atoms with van der Waals surface area (Å²) in [4.78, 5) is 22.9. The van der Waals surface area contributed by atoms with Gasteiger partial charge in [-0.25, -0.2) is 14.4 Å². The largest absolute Gasteiger partial charge is 0.337 e. The van der Waals surface area contributed by atoms with Crippen molar-refractivity contribution in [1.29, 1.82) is 0 Å². The molecule has 1 atom stereocenters. The SMILES string of the molecule is O=C(C[C@@H]1CCCN1c1ncccn1)c1ccc(F)cc1. The molecule has 1 aromatic carbocycles. The number of hydrogen-bond acceptors (Lipinski definition) is 4. The van der Waals surface area contributed by atoms with Crippen LogP contribution in [-0.4, -0.2) is 28.3 Å². The molecule has 1 fully saturated rings. The lowest BCUT2D eigenvalue weighted by Crippen LogP contribution is -2.32. The fraction of sp³-hybridized carbons (Fsp3) is 0.312. The molecule has 1 aliphatic heterocycles. The van der Waals surface area contributed by atoms with Crippen molar-refractivity contribution in [2.45, 2.75) is 25.3 Å². The Balaban J connectivity index is 1.71. The molecule has 0 unspecified atom stereocenters. The molecule has 0 amide bonds. The first-order valence-corrected chi connectivity index (χ1v) is 7.06. The second-order valence-electron chi connectivity index (χ2n) is 5.17. The van der Waals surface area contributed by atoms with Crippen LogP contribution in [0.1, 0.15) is 29.6 Å². The number of anilines is 1.